The van der Waals surface area contributed by atoms with Crippen molar-refractivity contribution in [2.24, 2.45) is 0 Å². The average molecular weight is 819 g/mol. The van der Waals surface area contributed by atoms with Crippen LogP contribution >= 0.6 is 0 Å². The van der Waals surface area contributed by atoms with E-state index in [9.17, 15) is 0 Å². The number of benzene rings is 10. The highest BCUT2D eigenvalue weighted by molar-refractivity contribution is 7.20. The summed E-state index contributed by atoms with van der Waals surface area (Å²) in [6.45, 7) is 0. The molecule has 0 atom stereocenters. The molecular formula is C60H42N2Si. The van der Waals surface area contributed by atoms with Crippen molar-refractivity contribution in [2.75, 3.05) is 0 Å². The summed E-state index contributed by atoms with van der Waals surface area (Å²) >= 11 is 0. The van der Waals surface area contributed by atoms with Crippen LogP contribution in [-0.2, 0) is 0 Å². The highest BCUT2D eigenvalue weighted by atomic mass is 28.3. The molecule has 2 aromatic heterocycles. The van der Waals surface area contributed by atoms with Gasteiger partial charge in [-0.25, -0.2) is 0 Å². The summed E-state index contributed by atoms with van der Waals surface area (Å²) in [6, 6.07) is 94.2. The van der Waals surface area contributed by atoms with Crippen molar-refractivity contribution in [1.29, 1.82) is 0 Å². The maximum atomic E-state index is 2.54. The largest absolute Gasteiger partial charge is 0.307 e. The third-order valence-corrected chi connectivity index (χ3v) is 17.9. The van der Waals surface area contributed by atoms with Gasteiger partial charge in [-0.3, -0.25) is 0 Å². The lowest BCUT2D eigenvalue weighted by molar-refractivity contribution is 1.13. The predicted octanol–water partition coefficient (Wildman–Crippen LogP) is 12.6. The van der Waals surface area contributed by atoms with E-state index in [1.54, 1.807) is 0 Å². The van der Waals surface area contributed by atoms with Gasteiger partial charge in [0.1, 0.15) is 0 Å². The molecule has 0 amide bonds. The number of hydrogen-bond donors (Lipinski definition) is 0. The van der Waals surface area contributed by atoms with Crippen LogP contribution in [0.15, 0.2) is 255 Å². The number of aromatic nitrogens is 2. The molecule has 12 aromatic rings. The first kappa shape index (κ1) is 36.8. The zero-order valence-corrected chi connectivity index (χ0v) is 35.6. The molecule has 0 fully saturated rings. The fourth-order valence-corrected chi connectivity index (χ4v) is 15.4. The molecule has 63 heavy (non-hydrogen) atoms. The molecule has 3 heteroatoms. The third kappa shape index (κ3) is 5.78. The predicted molar refractivity (Wildman–Crippen MR) is 270 cm³/mol. The van der Waals surface area contributed by atoms with Gasteiger partial charge in [0.2, 0.25) is 0 Å². The molecule has 0 N–H and O–H groups in total. The van der Waals surface area contributed by atoms with Crippen LogP contribution < -0.4 is 20.7 Å². The molecule has 2 heterocycles. The summed E-state index contributed by atoms with van der Waals surface area (Å²) in [5.41, 5.74) is 11.8. The zero-order chi connectivity index (χ0) is 41.7. The Bertz CT molecular complexity index is 3490. The Morgan fingerprint density at radius 2 is 0.714 bits per heavy atom. The van der Waals surface area contributed by atoms with Crippen LogP contribution in [0.4, 0.5) is 0 Å². The first-order chi connectivity index (χ1) is 31.3. The van der Waals surface area contributed by atoms with Crippen molar-refractivity contribution in [1.82, 2.24) is 9.13 Å². The number of nitrogens with zero attached hydrogens (tertiary/aromatic N) is 2. The van der Waals surface area contributed by atoms with Gasteiger partial charge >= 0.3 is 0 Å². The minimum atomic E-state index is -2.90. The van der Waals surface area contributed by atoms with Crippen molar-refractivity contribution >= 4 is 72.4 Å². The minimum absolute atomic E-state index is 1.15. The summed E-state index contributed by atoms with van der Waals surface area (Å²) in [5.74, 6) is 0. The summed E-state index contributed by atoms with van der Waals surface area (Å²) < 4.78 is 5.06. The second kappa shape index (κ2) is 15.2. The number of hydrogen-bond acceptors (Lipinski definition) is 0. The van der Waals surface area contributed by atoms with Crippen LogP contribution in [0.2, 0.25) is 0 Å². The minimum Gasteiger partial charge on any atom is -0.307 e. The van der Waals surface area contributed by atoms with Crippen molar-refractivity contribution in [3.8, 4) is 33.6 Å². The van der Waals surface area contributed by atoms with E-state index in [0.29, 0.717) is 0 Å². The Morgan fingerprint density at radius 1 is 0.270 bits per heavy atom. The molecule has 0 radical (unpaired) electrons. The first-order valence-corrected chi connectivity index (χ1v) is 23.8. The van der Waals surface area contributed by atoms with E-state index in [4.69, 9.17) is 0 Å². The van der Waals surface area contributed by atoms with E-state index in [1.807, 2.05) is 0 Å². The molecular weight excluding hydrogens is 777 g/mol. The third-order valence-electron chi connectivity index (χ3n) is 13.1. The van der Waals surface area contributed by atoms with Gasteiger partial charge in [-0.2, -0.15) is 0 Å². The van der Waals surface area contributed by atoms with Crippen LogP contribution in [0.1, 0.15) is 0 Å². The number of para-hydroxylation sites is 4. The number of fused-ring (bicyclic) bond motifs is 6. The fourth-order valence-electron chi connectivity index (χ4n) is 10.4. The van der Waals surface area contributed by atoms with E-state index in [2.05, 4.69) is 264 Å². The van der Waals surface area contributed by atoms with Gasteiger partial charge in [-0.15, -0.1) is 0 Å². The Kier molecular flexibility index (Phi) is 8.87. The van der Waals surface area contributed by atoms with Crippen LogP contribution in [0, 0.1) is 0 Å². The van der Waals surface area contributed by atoms with Crippen LogP contribution in [0.25, 0.3) is 77.2 Å². The second-order valence-electron chi connectivity index (χ2n) is 16.4. The van der Waals surface area contributed by atoms with Crippen LogP contribution in [0.5, 0.6) is 0 Å². The van der Waals surface area contributed by atoms with Gasteiger partial charge in [0.15, 0.2) is 8.07 Å². The summed E-state index contributed by atoms with van der Waals surface area (Å²) in [6.07, 6.45) is 0. The van der Waals surface area contributed by atoms with E-state index >= 15 is 0 Å². The molecule has 0 aliphatic heterocycles. The van der Waals surface area contributed by atoms with Crippen molar-refractivity contribution in [3.05, 3.63) is 255 Å². The van der Waals surface area contributed by atoms with Crippen LogP contribution in [-0.4, -0.2) is 17.2 Å². The molecule has 0 bridgehead atoms. The van der Waals surface area contributed by atoms with Crippen molar-refractivity contribution < 1.29 is 0 Å². The van der Waals surface area contributed by atoms with Crippen molar-refractivity contribution in [2.45, 2.75) is 0 Å². The van der Waals surface area contributed by atoms with Gasteiger partial charge in [0.25, 0.3) is 0 Å². The maximum Gasteiger partial charge on any atom is 0.180 e. The monoisotopic (exact) mass is 818 g/mol. The molecule has 296 valence electrons. The lowest BCUT2D eigenvalue weighted by atomic mass is 9.99. The molecule has 0 aliphatic rings. The molecule has 10 aromatic carbocycles. The second-order valence-corrected chi connectivity index (χ2v) is 20.2. The van der Waals surface area contributed by atoms with E-state index < -0.39 is 8.07 Å². The fraction of sp³-hybridized carbons (Fsp3) is 0. The smallest absolute Gasteiger partial charge is 0.180 e. The topological polar surface area (TPSA) is 9.86 Å². The van der Waals surface area contributed by atoms with Gasteiger partial charge in [0.05, 0.1) is 33.4 Å². The average Bonchev–Trinajstić information content (AvgIpc) is 3.89. The van der Waals surface area contributed by atoms with Crippen LogP contribution in [0.3, 0.4) is 0 Å². The van der Waals surface area contributed by atoms with Gasteiger partial charge in [0, 0.05) is 27.1 Å². The molecule has 0 saturated carbocycles. The molecule has 0 spiro atoms. The Hall–Kier alpha value is -7.98. The molecule has 0 aliphatic carbocycles. The Labute approximate surface area is 368 Å². The molecule has 12 rings (SSSR count). The molecule has 2 nitrogen and oxygen atoms in total. The summed E-state index contributed by atoms with van der Waals surface area (Å²) in [7, 11) is -2.90. The number of rotatable bonds is 8. The lowest BCUT2D eigenvalue weighted by Crippen LogP contribution is -2.74. The highest BCUT2D eigenvalue weighted by Gasteiger charge is 2.43. The first-order valence-electron chi connectivity index (χ1n) is 21.8. The van der Waals surface area contributed by atoms with Gasteiger partial charge < -0.3 is 9.13 Å². The summed E-state index contributed by atoms with van der Waals surface area (Å²) in [4.78, 5) is 0. The standard InChI is InChI=1S/C60H42N2Si/c1-5-21-43(22-6-1)44-39-41-45(42-40-44)49-29-13-16-33-53(49)62-54-34-17-14-30-50(54)51-32-19-37-57(60(51)62)61-55-35-18-15-31-52(55)59-56(61)36-20-38-58(59)63(46-23-7-2-8-24-46,47-25-9-3-10-26-47)48-27-11-4-12-28-48/h1-42H. The zero-order valence-electron chi connectivity index (χ0n) is 34.6. The van der Waals surface area contributed by atoms with Gasteiger partial charge in [-0.1, -0.05) is 224 Å². The normalized spacial score (nSPS) is 11.8. The Balaban J connectivity index is 1.17. The molecule has 0 saturated heterocycles. The molecule has 0 unspecified atom stereocenters. The SMILES string of the molecule is c1ccc(-c2ccc(-c3ccccc3-n3c4ccccc4c4cccc(-n5c6ccccc6c6c([Si](c7ccccc7)(c7ccccc7)c7ccccc7)cccc65)c43)cc2)cc1. The highest BCUT2D eigenvalue weighted by Crippen LogP contribution is 2.41. The van der Waals surface area contributed by atoms with E-state index in [-0.39, 0.29) is 0 Å². The van der Waals surface area contributed by atoms with E-state index in [0.717, 1.165) is 11.4 Å². The maximum absolute atomic E-state index is 2.90. The van der Waals surface area contributed by atoms with E-state index in [1.165, 1.54) is 86.6 Å². The van der Waals surface area contributed by atoms with Crippen molar-refractivity contribution in [3.63, 3.8) is 0 Å². The Morgan fingerprint density at radius 3 is 1.37 bits per heavy atom. The summed E-state index contributed by atoms with van der Waals surface area (Å²) in [5, 5.41) is 10.5. The van der Waals surface area contributed by atoms with Gasteiger partial charge in [-0.05, 0) is 67.8 Å². The quantitative estimate of drug-likeness (QED) is 0.107. The lowest BCUT2D eigenvalue weighted by Gasteiger charge is -2.35.